The van der Waals surface area contributed by atoms with Crippen LogP contribution in [0, 0.1) is 0 Å². The SMILES string of the molecule is CCCCCCCCCCCCC/C=C/CCC(=O)OC[C@H](COP(=O)(O)OC1C(O)C(O)C(O)[C@H](O)C1O)OC(=O)CCCCCCCCCCCCCCCCCCC. The van der Waals surface area contributed by atoms with Crippen molar-refractivity contribution < 1.29 is 63.1 Å². The lowest BCUT2D eigenvalue weighted by atomic mass is 9.85. The van der Waals surface area contributed by atoms with Crippen molar-refractivity contribution in [3.05, 3.63) is 12.2 Å². The lowest BCUT2D eigenvalue weighted by Crippen LogP contribution is -2.64. The molecular weight excluding hydrogens is 803 g/mol. The van der Waals surface area contributed by atoms with Gasteiger partial charge in [-0.1, -0.05) is 193 Å². The van der Waals surface area contributed by atoms with E-state index in [0.29, 0.717) is 12.8 Å². The molecule has 1 aliphatic rings. The normalized spacial score (nSPS) is 22.0. The quantitative estimate of drug-likeness (QED) is 0.0146. The van der Waals surface area contributed by atoms with Gasteiger partial charge in [-0.3, -0.25) is 18.6 Å². The molecule has 1 rings (SSSR count). The van der Waals surface area contributed by atoms with Crippen LogP contribution in [0.3, 0.4) is 0 Å². The summed E-state index contributed by atoms with van der Waals surface area (Å²) in [5, 5.41) is 50.2. The minimum atomic E-state index is -5.12. The Morgan fingerprint density at radius 1 is 0.492 bits per heavy atom. The van der Waals surface area contributed by atoms with Crippen molar-refractivity contribution in [2.24, 2.45) is 0 Å². The monoisotopic (exact) mass is 893 g/mol. The van der Waals surface area contributed by atoms with Crippen LogP contribution in [0.1, 0.15) is 219 Å². The molecule has 0 heterocycles. The topological polar surface area (TPSA) is 210 Å². The number of aliphatic hydroxyl groups is 5. The van der Waals surface area contributed by atoms with Crippen LogP contribution in [0.25, 0.3) is 0 Å². The lowest BCUT2D eigenvalue weighted by Gasteiger charge is -2.41. The summed E-state index contributed by atoms with van der Waals surface area (Å²) in [4.78, 5) is 35.7. The molecule has 0 radical (unpaired) electrons. The van der Waals surface area contributed by atoms with Crippen LogP contribution in [-0.4, -0.2) is 98.3 Å². The molecule has 0 aliphatic heterocycles. The summed E-state index contributed by atoms with van der Waals surface area (Å²) in [5.74, 6) is -1.14. The smallest absolute Gasteiger partial charge is 0.462 e. The van der Waals surface area contributed by atoms with Gasteiger partial charge in [0.2, 0.25) is 0 Å². The molecule has 61 heavy (non-hydrogen) atoms. The number of ether oxygens (including phenoxy) is 2. The zero-order valence-corrected chi connectivity index (χ0v) is 39.1. The Labute approximate surface area is 369 Å². The number of hydrogen-bond acceptors (Lipinski definition) is 12. The van der Waals surface area contributed by atoms with E-state index in [1.807, 2.05) is 6.08 Å². The average Bonchev–Trinajstić information content (AvgIpc) is 3.24. The summed E-state index contributed by atoms with van der Waals surface area (Å²) in [6.07, 6.45) is 27.0. The van der Waals surface area contributed by atoms with E-state index in [2.05, 4.69) is 19.9 Å². The van der Waals surface area contributed by atoms with E-state index in [4.69, 9.17) is 18.5 Å². The summed E-state index contributed by atoms with van der Waals surface area (Å²) in [5.41, 5.74) is 0. The highest BCUT2D eigenvalue weighted by molar-refractivity contribution is 7.47. The molecule has 6 unspecified atom stereocenters. The Morgan fingerprint density at radius 3 is 1.31 bits per heavy atom. The first-order valence-corrected chi connectivity index (χ1v) is 26.0. The fraction of sp³-hybridized carbons (Fsp3) is 0.915. The summed E-state index contributed by atoms with van der Waals surface area (Å²) in [7, 11) is -5.12. The number of carbonyl (C=O) groups is 2. The molecule has 0 amide bonds. The molecule has 0 bridgehead atoms. The van der Waals surface area contributed by atoms with Gasteiger partial charge in [-0.2, -0.15) is 0 Å². The van der Waals surface area contributed by atoms with Crippen LogP contribution in [0.2, 0.25) is 0 Å². The van der Waals surface area contributed by atoms with Crippen molar-refractivity contribution in [3.8, 4) is 0 Å². The third-order valence-electron chi connectivity index (χ3n) is 11.6. The van der Waals surface area contributed by atoms with E-state index in [-0.39, 0.29) is 12.8 Å². The van der Waals surface area contributed by atoms with Crippen molar-refractivity contribution in [1.82, 2.24) is 0 Å². The van der Waals surface area contributed by atoms with Crippen LogP contribution in [0.4, 0.5) is 0 Å². The molecule has 1 saturated carbocycles. The van der Waals surface area contributed by atoms with Crippen LogP contribution in [0.5, 0.6) is 0 Å². The number of rotatable bonds is 41. The molecule has 0 aromatic carbocycles. The number of phosphoric acid groups is 1. The number of phosphoric ester groups is 1. The second-order valence-corrected chi connectivity index (χ2v) is 18.7. The Hall–Kier alpha value is -1.41. The Morgan fingerprint density at radius 2 is 0.869 bits per heavy atom. The molecule has 0 spiro atoms. The number of aliphatic hydroxyl groups excluding tert-OH is 5. The number of carbonyl (C=O) groups excluding carboxylic acids is 2. The third-order valence-corrected chi connectivity index (χ3v) is 12.6. The van der Waals surface area contributed by atoms with Gasteiger partial charge in [-0.15, -0.1) is 0 Å². The predicted octanol–water partition coefficient (Wildman–Crippen LogP) is 9.84. The van der Waals surface area contributed by atoms with Crippen molar-refractivity contribution >= 4 is 19.8 Å². The minimum absolute atomic E-state index is 0.0884. The molecule has 6 N–H and O–H groups in total. The summed E-state index contributed by atoms with van der Waals surface area (Å²) >= 11 is 0. The van der Waals surface area contributed by atoms with Gasteiger partial charge >= 0.3 is 19.8 Å². The fourth-order valence-corrected chi connectivity index (χ4v) is 8.63. The maximum absolute atomic E-state index is 12.8. The highest BCUT2D eigenvalue weighted by Crippen LogP contribution is 2.47. The van der Waals surface area contributed by atoms with Gasteiger partial charge in [-0.05, 0) is 25.7 Å². The lowest BCUT2D eigenvalue weighted by molar-refractivity contribution is -0.220. The number of esters is 2. The second kappa shape index (κ2) is 37.9. The number of hydrogen-bond donors (Lipinski definition) is 6. The molecular formula is C47H89O13P. The van der Waals surface area contributed by atoms with E-state index in [0.717, 1.165) is 32.1 Å². The largest absolute Gasteiger partial charge is 0.472 e. The predicted molar refractivity (Wildman–Crippen MR) is 240 cm³/mol. The van der Waals surface area contributed by atoms with Gasteiger partial charge in [0, 0.05) is 12.8 Å². The third kappa shape index (κ3) is 30.4. The van der Waals surface area contributed by atoms with E-state index >= 15 is 0 Å². The maximum atomic E-state index is 12.8. The Bertz CT molecular complexity index is 1120. The molecule has 0 saturated heterocycles. The van der Waals surface area contributed by atoms with Gasteiger partial charge in [0.25, 0.3) is 0 Å². The van der Waals surface area contributed by atoms with Gasteiger partial charge < -0.3 is 39.9 Å². The molecule has 1 aliphatic carbocycles. The first-order chi connectivity index (χ1) is 29.4. The summed E-state index contributed by atoms with van der Waals surface area (Å²) in [6, 6.07) is 0. The van der Waals surface area contributed by atoms with Crippen LogP contribution < -0.4 is 0 Å². The first-order valence-electron chi connectivity index (χ1n) is 24.5. The first kappa shape index (κ1) is 57.6. The Kier molecular flexibility index (Phi) is 35.8. The van der Waals surface area contributed by atoms with Gasteiger partial charge in [0.15, 0.2) is 6.10 Å². The average molecular weight is 893 g/mol. The van der Waals surface area contributed by atoms with Crippen molar-refractivity contribution in [2.75, 3.05) is 13.2 Å². The van der Waals surface area contributed by atoms with Crippen LogP contribution in [0.15, 0.2) is 12.2 Å². The van der Waals surface area contributed by atoms with E-state index in [9.17, 15) is 44.6 Å². The standard InChI is InChI=1S/C47H89O13P/c1-3-5-7-9-11-13-15-17-19-20-22-24-26-28-30-32-34-36-41(49)59-39(38-58-61(55,56)60-47-45(53)43(51)42(50)44(52)46(47)54)37-57-40(48)35-33-31-29-27-25-23-21-18-16-14-12-10-8-6-4-2/h29,31,39,42-47,50-54H,3-28,30,32-38H2,1-2H3,(H,55,56)/b31-29+/t39-,42?,43+,44?,45?,46?,47?/m1/s1. The van der Waals surface area contributed by atoms with Crippen molar-refractivity contribution in [2.45, 2.75) is 262 Å². The highest BCUT2D eigenvalue weighted by atomic mass is 31.2. The summed E-state index contributed by atoms with van der Waals surface area (Å²) in [6.45, 7) is 3.29. The minimum Gasteiger partial charge on any atom is -0.462 e. The molecule has 360 valence electrons. The molecule has 0 aromatic rings. The molecule has 0 aromatic heterocycles. The van der Waals surface area contributed by atoms with E-state index in [1.54, 1.807) is 0 Å². The molecule has 13 nitrogen and oxygen atoms in total. The van der Waals surface area contributed by atoms with Gasteiger partial charge in [-0.25, -0.2) is 4.57 Å². The van der Waals surface area contributed by atoms with Crippen molar-refractivity contribution in [1.29, 1.82) is 0 Å². The molecule has 1 fully saturated rings. The highest BCUT2D eigenvalue weighted by Gasteiger charge is 2.51. The van der Waals surface area contributed by atoms with Crippen LogP contribution >= 0.6 is 7.82 Å². The maximum Gasteiger partial charge on any atom is 0.472 e. The number of unbranched alkanes of at least 4 members (excludes halogenated alkanes) is 27. The second-order valence-electron chi connectivity index (χ2n) is 17.3. The zero-order chi connectivity index (χ0) is 45.0. The number of allylic oxidation sites excluding steroid dienone is 2. The van der Waals surface area contributed by atoms with Crippen molar-refractivity contribution in [3.63, 3.8) is 0 Å². The molecule has 14 heteroatoms. The van der Waals surface area contributed by atoms with E-state index in [1.165, 1.54) is 148 Å². The summed E-state index contributed by atoms with van der Waals surface area (Å²) < 4.78 is 33.5. The van der Waals surface area contributed by atoms with Crippen LogP contribution in [-0.2, 0) is 32.7 Å². The van der Waals surface area contributed by atoms with Gasteiger partial charge in [0.1, 0.15) is 43.2 Å². The zero-order valence-electron chi connectivity index (χ0n) is 38.2. The fourth-order valence-electron chi connectivity index (χ4n) is 7.66. The van der Waals surface area contributed by atoms with E-state index < -0.39 is 75.7 Å². The molecule has 8 atom stereocenters. The Balaban J connectivity index is 2.44. The van der Waals surface area contributed by atoms with Gasteiger partial charge in [0.05, 0.1) is 6.61 Å².